The van der Waals surface area contributed by atoms with Crippen molar-refractivity contribution in [3.63, 3.8) is 0 Å². The summed E-state index contributed by atoms with van der Waals surface area (Å²) >= 11 is 0. The molecular formula is C13H17N3O3. The maximum absolute atomic E-state index is 5.42. The largest absolute Gasteiger partial charge is 0.497 e. The molecule has 0 radical (unpaired) electrons. The molecule has 2 N–H and O–H groups in total. The highest BCUT2D eigenvalue weighted by molar-refractivity contribution is 5.40. The Kier molecular flexibility index (Phi) is 4.35. The standard InChI is InChI=1S/C13H17N3O3/c1-17-10-4-5-11(18-2)9(7-10)3-6-12-15-16-13(8-14)19-12/h4-5,7H,3,6,8,14H2,1-2H3. The van der Waals surface area contributed by atoms with Gasteiger partial charge in [-0.1, -0.05) is 0 Å². The molecule has 0 unspecified atom stereocenters. The van der Waals surface area contributed by atoms with Gasteiger partial charge in [0.15, 0.2) is 0 Å². The lowest BCUT2D eigenvalue weighted by molar-refractivity contribution is 0.397. The van der Waals surface area contributed by atoms with Gasteiger partial charge in [-0.2, -0.15) is 0 Å². The normalized spacial score (nSPS) is 10.5. The number of aryl methyl sites for hydroxylation is 2. The second kappa shape index (κ2) is 6.19. The molecule has 6 heteroatoms. The molecule has 19 heavy (non-hydrogen) atoms. The van der Waals surface area contributed by atoms with Crippen molar-refractivity contribution < 1.29 is 13.9 Å². The van der Waals surface area contributed by atoms with Gasteiger partial charge in [-0.25, -0.2) is 0 Å². The molecule has 102 valence electrons. The van der Waals surface area contributed by atoms with Gasteiger partial charge in [-0.3, -0.25) is 0 Å². The summed E-state index contributed by atoms with van der Waals surface area (Å²) in [7, 11) is 3.28. The lowest BCUT2D eigenvalue weighted by Crippen LogP contribution is -1.97. The van der Waals surface area contributed by atoms with E-state index < -0.39 is 0 Å². The van der Waals surface area contributed by atoms with E-state index in [-0.39, 0.29) is 6.54 Å². The van der Waals surface area contributed by atoms with E-state index in [1.54, 1.807) is 14.2 Å². The van der Waals surface area contributed by atoms with Crippen molar-refractivity contribution in [1.82, 2.24) is 10.2 Å². The molecule has 6 nitrogen and oxygen atoms in total. The van der Waals surface area contributed by atoms with Crippen LogP contribution in [0.4, 0.5) is 0 Å². The molecule has 0 fully saturated rings. The highest BCUT2D eigenvalue weighted by Gasteiger charge is 2.09. The van der Waals surface area contributed by atoms with Crippen LogP contribution in [0.15, 0.2) is 22.6 Å². The summed E-state index contributed by atoms with van der Waals surface area (Å²) in [5.74, 6) is 2.64. The zero-order valence-electron chi connectivity index (χ0n) is 11.0. The Bertz CT molecular complexity index is 540. The summed E-state index contributed by atoms with van der Waals surface area (Å²) in [5.41, 5.74) is 6.46. The fourth-order valence-electron chi connectivity index (χ4n) is 1.79. The average Bonchev–Trinajstić information content (AvgIpc) is 2.92. The molecule has 0 aliphatic carbocycles. The van der Waals surface area contributed by atoms with Gasteiger partial charge in [0.25, 0.3) is 0 Å². The van der Waals surface area contributed by atoms with Crippen molar-refractivity contribution in [1.29, 1.82) is 0 Å². The van der Waals surface area contributed by atoms with Gasteiger partial charge in [0.2, 0.25) is 11.8 Å². The summed E-state index contributed by atoms with van der Waals surface area (Å²) in [6.45, 7) is 0.259. The van der Waals surface area contributed by atoms with Crippen molar-refractivity contribution in [2.75, 3.05) is 14.2 Å². The number of ether oxygens (including phenoxy) is 2. The highest BCUT2D eigenvalue weighted by Crippen LogP contribution is 2.25. The van der Waals surface area contributed by atoms with Gasteiger partial charge in [-0.05, 0) is 30.2 Å². The first-order chi connectivity index (χ1) is 9.26. The fraction of sp³-hybridized carbons (Fsp3) is 0.385. The Hall–Kier alpha value is -2.08. The van der Waals surface area contributed by atoms with Crippen LogP contribution >= 0.6 is 0 Å². The van der Waals surface area contributed by atoms with E-state index in [1.807, 2.05) is 18.2 Å². The first-order valence-electron chi connectivity index (χ1n) is 5.99. The second-order valence-corrected chi connectivity index (χ2v) is 3.97. The molecule has 0 atom stereocenters. The third kappa shape index (κ3) is 3.23. The van der Waals surface area contributed by atoms with E-state index in [0.717, 1.165) is 23.5 Å². The quantitative estimate of drug-likeness (QED) is 0.846. The number of aromatic nitrogens is 2. The minimum absolute atomic E-state index is 0.259. The van der Waals surface area contributed by atoms with E-state index in [4.69, 9.17) is 19.6 Å². The maximum Gasteiger partial charge on any atom is 0.230 e. The Labute approximate surface area is 111 Å². The monoisotopic (exact) mass is 263 g/mol. The van der Waals surface area contributed by atoms with Crippen LogP contribution in [0.25, 0.3) is 0 Å². The molecule has 0 saturated carbocycles. The van der Waals surface area contributed by atoms with E-state index in [2.05, 4.69) is 10.2 Å². The number of methoxy groups -OCH3 is 2. The lowest BCUT2D eigenvalue weighted by atomic mass is 10.1. The number of benzene rings is 1. The topological polar surface area (TPSA) is 83.4 Å². The minimum Gasteiger partial charge on any atom is -0.497 e. The number of hydrogen-bond donors (Lipinski definition) is 1. The van der Waals surface area contributed by atoms with E-state index >= 15 is 0 Å². The number of nitrogens with two attached hydrogens (primary N) is 1. The van der Waals surface area contributed by atoms with Crippen molar-refractivity contribution in [2.24, 2.45) is 5.73 Å². The smallest absolute Gasteiger partial charge is 0.230 e. The van der Waals surface area contributed by atoms with Gasteiger partial charge in [-0.15, -0.1) is 10.2 Å². The molecule has 1 aromatic carbocycles. The number of hydrogen-bond acceptors (Lipinski definition) is 6. The third-order valence-corrected chi connectivity index (χ3v) is 2.78. The van der Waals surface area contributed by atoms with E-state index in [0.29, 0.717) is 18.2 Å². The molecule has 0 saturated heterocycles. The Balaban J connectivity index is 2.09. The van der Waals surface area contributed by atoms with Crippen LogP contribution in [0.2, 0.25) is 0 Å². The second-order valence-electron chi connectivity index (χ2n) is 3.97. The molecule has 1 aromatic heterocycles. The van der Waals surface area contributed by atoms with Crippen molar-refractivity contribution >= 4 is 0 Å². The Morgan fingerprint density at radius 3 is 2.53 bits per heavy atom. The third-order valence-electron chi connectivity index (χ3n) is 2.78. The fourth-order valence-corrected chi connectivity index (χ4v) is 1.79. The van der Waals surface area contributed by atoms with Gasteiger partial charge in [0.1, 0.15) is 11.5 Å². The van der Waals surface area contributed by atoms with Crippen LogP contribution in [-0.4, -0.2) is 24.4 Å². The predicted octanol–water partition coefficient (Wildman–Crippen LogP) is 1.33. The minimum atomic E-state index is 0.259. The lowest BCUT2D eigenvalue weighted by Gasteiger charge is -2.09. The van der Waals surface area contributed by atoms with Crippen molar-refractivity contribution in [3.05, 3.63) is 35.5 Å². The molecule has 2 aromatic rings. The zero-order valence-corrected chi connectivity index (χ0v) is 11.0. The van der Waals surface area contributed by atoms with Gasteiger partial charge in [0, 0.05) is 6.42 Å². The van der Waals surface area contributed by atoms with Crippen molar-refractivity contribution in [3.8, 4) is 11.5 Å². The zero-order chi connectivity index (χ0) is 13.7. The number of rotatable bonds is 6. The number of nitrogens with zero attached hydrogens (tertiary/aromatic N) is 2. The molecule has 0 aliphatic heterocycles. The first-order valence-corrected chi connectivity index (χ1v) is 5.99. The first kappa shape index (κ1) is 13.4. The molecule has 0 amide bonds. The summed E-state index contributed by atoms with van der Waals surface area (Å²) in [5, 5.41) is 7.76. The molecule has 0 aliphatic rings. The SMILES string of the molecule is COc1ccc(OC)c(CCc2nnc(CN)o2)c1. The van der Waals surface area contributed by atoms with Crippen LogP contribution in [-0.2, 0) is 19.4 Å². The van der Waals surface area contributed by atoms with Crippen LogP contribution < -0.4 is 15.2 Å². The Morgan fingerprint density at radius 1 is 1.11 bits per heavy atom. The van der Waals surface area contributed by atoms with Gasteiger partial charge < -0.3 is 19.6 Å². The predicted molar refractivity (Wildman–Crippen MR) is 69.1 cm³/mol. The summed E-state index contributed by atoms with van der Waals surface area (Å²) < 4.78 is 15.9. The summed E-state index contributed by atoms with van der Waals surface area (Å²) in [6, 6.07) is 5.69. The maximum atomic E-state index is 5.42. The summed E-state index contributed by atoms with van der Waals surface area (Å²) in [4.78, 5) is 0. The molecule has 1 heterocycles. The van der Waals surface area contributed by atoms with Crippen molar-refractivity contribution in [2.45, 2.75) is 19.4 Å². The van der Waals surface area contributed by atoms with Gasteiger partial charge >= 0.3 is 0 Å². The Morgan fingerprint density at radius 2 is 1.89 bits per heavy atom. The van der Waals surface area contributed by atoms with Crippen LogP contribution in [0.3, 0.4) is 0 Å². The van der Waals surface area contributed by atoms with Crippen LogP contribution in [0, 0.1) is 0 Å². The molecular weight excluding hydrogens is 246 g/mol. The van der Waals surface area contributed by atoms with E-state index in [1.165, 1.54) is 0 Å². The average molecular weight is 263 g/mol. The molecule has 0 spiro atoms. The van der Waals surface area contributed by atoms with Gasteiger partial charge in [0.05, 0.1) is 20.8 Å². The highest BCUT2D eigenvalue weighted by atomic mass is 16.5. The van der Waals surface area contributed by atoms with Crippen LogP contribution in [0.1, 0.15) is 17.3 Å². The van der Waals surface area contributed by atoms with E-state index in [9.17, 15) is 0 Å². The van der Waals surface area contributed by atoms with Crippen LogP contribution in [0.5, 0.6) is 11.5 Å². The molecule has 0 bridgehead atoms. The summed E-state index contributed by atoms with van der Waals surface area (Å²) in [6.07, 6.45) is 1.36. The molecule has 2 rings (SSSR count).